The number of carbonyl (C=O) groups excluding carboxylic acids is 1. The SMILES string of the molecule is COc1ccc(S(=O)(=O)Nc2nc(NCCCCC(=O)NO)c3ncn(Cc4ccccc4)c3n2)cc1. The summed E-state index contributed by atoms with van der Waals surface area (Å²) < 4.78 is 35.4. The van der Waals surface area contributed by atoms with Gasteiger partial charge in [-0.25, -0.2) is 23.6 Å². The van der Waals surface area contributed by atoms with E-state index < -0.39 is 15.9 Å². The van der Waals surface area contributed by atoms with Crippen molar-refractivity contribution in [2.45, 2.75) is 30.7 Å². The number of anilines is 2. The molecule has 0 aliphatic rings. The quantitative estimate of drug-likeness (QED) is 0.124. The van der Waals surface area contributed by atoms with E-state index in [0.29, 0.717) is 48.7 Å². The normalized spacial score (nSPS) is 11.3. The minimum Gasteiger partial charge on any atom is -0.497 e. The summed E-state index contributed by atoms with van der Waals surface area (Å²) in [5, 5.41) is 11.8. The Balaban J connectivity index is 1.62. The Bertz CT molecular complexity index is 1460. The van der Waals surface area contributed by atoms with Crippen LogP contribution in [0.2, 0.25) is 0 Å². The van der Waals surface area contributed by atoms with Gasteiger partial charge in [0.15, 0.2) is 17.0 Å². The monoisotopic (exact) mass is 525 g/mol. The van der Waals surface area contributed by atoms with E-state index in [9.17, 15) is 13.2 Å². The van der Waals surface area contributed by atoms with Crippen LogP contribution in [0.1, 0.15) is 24.8 Å². The summed E-state index contributed by atoms with van der Waals surface area (Å²) in [6.07, 6.45) is 2.95. The zero-order valence-corrected chi connectivity index (χ0v) is 20.9. The van der Waals surface area contributed by atoms with Crippen molar-refractivity contribution >= 4 is 38.9 Å². The molecule has 0 saturated heterocycles. The van der Waals surface area contributed by atoms with Gasteiger partial charge in [0, 0.05) is 13.0 Å². The number of hydrogen-bond acceptors (Lipinski definition) is 9. The van der Waals surface area contributed by atoms with Gasteiger partial charge in [-0.2, -0.15) is 9.97 Å². The van der Waals surface area contributed by atoms with Crippen molar-refractivity contribution < 1.29 is 23.2 Å². The van der Waals surface area contributed by atoms with Crippen molar-refractivity contribution in [3.8, 4) is 5.75 Å². The van der Waals surface area contributed by atoms with Gasteiger partial charge >= 0.3 is 0 Å². The van der Waals surface area contributed by atoms with Gasteiger partial charge in [0.1, 0.15) is 5.75 Å². The number of sulfonamides is 1. The predicted molar refractivity (Wildman–Crippen MR) is 137 cm³/mol. The Labute approximate surface area is 213 Å². The summed E-state index contributed by atoms with van der Waals surface area (Å²) in [5.41, 5.74) is 3.57. The van der Waals surface area contributed by atoms with Crippen LogP contribution in [-0.2, 0) is 21.4 Å². The highest BCUT2D eigenvalue weighted by molar-refractivity contribution is 7.92. The van der Waals surface area contributed by atoms with Crippen LogP contribution in [0.25, 0.3) is 11.2 Å². The van der Waals surface area contributed by atoms with Crippen LogP contribution in [0.5, 0.6) is 5.75 Å². The smallest absolute Gasteiger partial charge is 0.264 e. The molecular weight excluding hydrogens is 498 g/mol. The molecule has 0 unspecified atom stereocenters. The molecule has 4 N–H and O–H groups in total. The molecule has 37 heavy (non-hydrogen) atoms. The summed E-state index contributed by atoms with van der Waals surface area (Å²) in [6.45, 7) is 0.926. The first kappa shape index (κ1) is 25.9. The second-order valence-corrected chi connectivity index (χ2v) is 9.81. The Hall–Kier alpha value is -4.23. The van der Waals surface area contributed by atoms with Crippen LogP contribution < -0.4 is 20.3 Å². The fourth-order valence-electron chi connectivity index (χ4n) is 3.62. The molecule has 1 amide bonds. The Morgan fingerprint density at radius 2 is 1.81 bits per heavy atom. The standard InChI is InChI=1S/C24H27N7O5S/c1-36-18-10-12-19(13-11-18)37(34,35)30-24-27-22(25-14-6-5-9-20(32)29-33)21-23(28-24)31(16-26-21)15-17-7-3-2-4-8-17/h2-4,7-8,10-13,16,33H,5-6,9,14-15H2,1H3,(H,29,32)(H2,25,27,28,30). The van der Waals surface area contributed by atoms with Crippen LogP contribution in [0.3, 0.4) is 0 Å². The van der Waals surface area contributed by atoms with Gasteiger partial charge in [-0.1, -0.05) is 30.3 Å². The average molecular weight is 526 g/mol. The Kier molecular flexibility index (Phi) is 8.15. The molecular formula is C24H27N7O5S. The first-order valence-electron chi connectivity index (χ1n) is 11.5. The van der Waals surface area contributed by atoms with Gasteiger partial charge in [-0.15, -0.1) is 0 Å². The molecule has 0 fully saturated rings. The number of fused-ring (bicyclic) bond motifs is 1. The first-order chi connectivity index (χ1) is 17.9. The molecule has 0 atom stereocenters. The maximum Gasteiger partial charge on any atom is 0.264 e. The molecule has 4 rings (SSSR count). The zero-order valence-electron chi connectivity index (χ0n) is 20.1. The van der Waals surface area contributed by atoms with E-state index in [0.717, 1.165) is 5.56 Å². The maximum absolute atomic E-state index is 13.0. The largest absolute Gasteiger partial charge is 0.497 e. The van der Waals surface area contributed by atoms with Crippen LogP contribution in [0, 0.1) is 0 Å². The molecule has 2 aromatic carbocycles. The molecule has 0 aliphatic heterocycles. The number of hydrogen-bond donors (Lipinski definition) is 4. The minimum atomic E-state index is -3.98. The van der Waals surface area contributed by atoms with Gasteiger partial charge in [0.25, 0.3) is 10.0 Å². The van der Waals surface area contributed by atoms with E-state index in [1.807, 2.05) is 34.9 Å². The van der Waals surface area contributed by atoms with E-state index in [1.54, 1.807) is 23.9 Å². The van der Waals surface area contributed by atoms with E-state index in [-0.39, 0.29) is 17.3 Å². The topological polar surface area (TPSA) is 160 Å². The number of benzene rings is 2. The third kappa shape index (κ3) is 6.51. The third-order valence-corrected chi connectivity index (χ3v) is 6.85. The van der Waals surface area contributed by atoms with Crippen molar-refractivity contribution in [2.24, 2.45) is 0 Å². The Morgan fingerprint density at radius 3 is 2.51 bits per heavy atom. The molecule has 0 radical (unpaired) electrons. The second kappa shape index (κ2) is 11.7. The van der Waals surface area contributed by atoms with Gasteiger partial charge in [0.05, 0.1) is 24.9 Å². The summed E-state index contributed by atoms with van der Waals surface area (Å²) in [6, 6.07) is 15.7. The lowest BCUT2D eigenvalue weighted by Gasteiger charge is -2.12. The fourth-order valence-corrected chi connectivity index (χ4v) is 4.56. The number of amides is 1. The lowest BCUT2D eigenvalue weighted by Crippen LogP contribution is -2.18. The number of imidazole rings is 1. The van der Waals surface area contributed by atoms with Crippen LogP contribution in [0.4, 0.5) is 11.8 Å². The first-order valence-corrected chi connectivity index (χ1v) is 13.0. The van der Waals surface area contributed by atoms with E-state index in [4.69, 9.17) is 9.94 Å². The summed E-state index contributed by atoms with van der Waals surface area (Å²) in [5.74, 6) is 0.319. The molecule has 12 nitrogen and oxygen atoms in total. The predicted octanol–water partition coefficient (Wildman–Crippen LogP) is 2.77. The summed E-state index contributed by atoms with van der Waals surface area (Å²) >= 11 is 0. The van der Waals surface area contributed by atoms with Crippen LogP contribution in [0.15, 0.2) is 65.8 Å². The number of nitrogens with zero attached hydrogens (tertiary/aromatic N) is 4. The molecule has 0 bridgehead atoms. The molecule has 0 saturated carbocycles. The Morgan fingerprint density at radius 1 is 1.05 bits per heavy atom. The minimum absolute atomic E-state index is 0.0338. The molecule has 0 spiro atoms. The lowest BCUT2D eigenvalue weighted by molar-refractivity contribution is -0.129. The van der Waals surface area contributed by atoms with E-state index in [2.05, 4.69) is 25.0 Å². The molecule has 13 heteroatoms. The highest BCUT2D eigenvalue weighted by atomic mass is 32.2. The lowest BCUT2D eigenvalue weighted by atomic mass is 10.2. The van der Waals surface area contributed by atoms with E-state index >= 15 is 0 Å². The van der Waals surface area contributed by atoms with Gasteiger partial charge < -0.3 is 14.6 Å². The molecule has 0 aliphatic carbocycles. The number of hydroxylamine groups is 1. The van der Waals surface area contributed by atoms with Crippen molar-refractivity contribution in [1.29, 1.82) is 0 Å². The van der Waals surface area contributed by atoms with Crippen LogP contribution in [-0.4, -0.2) is 52.7 Å². The number of nitrogens with one attached hydrogen (secondary N) is 3. The molecule has 2 aromatic heterocycles. The third-order valence-electron chi connectivity index (χ3n) is 5.50. The number of carbonyl (C=O) groups is 1. The van der Waals surface area contributed by atoms with Crippen molar-refractivity contribution in [1.82, 2.24) is 25.0 Å². The number of methoxy groups -OCH3 is 1. The number of ether oxygens (including phenoxy) is 1. The fraction of sp³-hybridized carbons (Fsp3) is 0.250. The zero-order chi connectivity index (χ0) is 26.3. The number of rotatable bonds is 12. The number of aromatic nitrogens is 4. The van der Waals surface area contributed by atoms with E-state index in [1.165, 1.54) is 19.2 Å². The van der Waals surface area contributed by atoms with Crippen molar-refractivity contribution in [3.05, 3.63) is 66.5 Å². The van der Waals surface area contributed by atoms with Crippen molar-refractivity contribution in [3.63, 3.8) is 0 Å². The highest BCUT2D eigenvalue weighted by Crippen LogP contribution is 2.24. The second-order valence-electron chi connectivity index (χ2n) is 8.13. The summed E-state index contributed by atoms with van der Waals surface area (Å²) in [7, 11) is -2.48. The van der Waals surface area contributed by atoms with Crippen LogP contribution >= 0.6 is 0 Å². The molecule has 4 aromatic rings. The molecule has 2 heterocycles. The van der Waals surface area contributed by atoms with Gasteiger partial charge in [-0.05, 0) is 42.7 Å². The van der Waals surface area contributed by atoms with Crippen molar-refractivity contribution in [2.75, 3.05) is 23.7 Å². The summed E-state index contributed by atoms with van der Waals surface area (Å²) in [4.78, 5) is 24.6. The number of unbranched alkanes of at least 4 members (excludes halogenated alkanes) is 1. The maximum atomic E-state index is 13.0. The average Bonchev–Trinajstić information content (AvgIpc) is 3.31. The highest BCUT2D eigenvalue weighted by Gasteiger charge is 2.19. The van der Waals surface area contributed by atoms with Gasteiger partial charge in [0.2, 0.25) is 11.9 Å². The van der Waals surface area contributed by atoms with Gasteiger partial charge in [-0.3, -0.25) is 10.0 Å². The molecule has 194 valence electrons.